The Morgan fingerprint density at radius 1 is 0.661 bits per heavy atom. The summed E-state index contributed by atoms with van der Waals surface area (Å²) in [5, 5.41) is 23.9. The molecule has 0 radical (unpaired) electrons. The molecule has 6 saturated carbocycles. The monoisotopic (exact) mass is 814 g/mol. The zero-order valence-electron chi connectivity index (χ0n) is 34.8. The third-order valence-corrected chi connectivity index (χ3v) is 17.6. The Hall–Kier alpha value is -3.90. The van der Waals surface area contributed by atoms with Crippen LogP contribution in [-0.2, 0) is 47.8 Å². The summed E-state index contributed by atoms with van der Waals surface area (Å²) in [4.78, 5) is 105. The lowest BCUT2D eigenvalue weighted by atomic mass is 9.46. The standard InChI is InChI=1S/C47H58O12/c1-42-16-12-28(48)20-26(42)8-10-30-32-14-18-46(56,44(32,3)22-34(50)40(30)42)36(52)24-58-38(54)6-5-7-39(55)59-25-37(53)47(57)19-15-33-31-11-9-27-21-29(49)13-17-43(27,2)41(31)35(51)23-45(33,47)4/h12,16,20-21,30-33,40-41,56-57H,5-11,13-15,17-19,22-25H2,1-4H3/t30-,31+,32-,33+,40+,41-,42-,43+,44-,45+,46-,47+/m1/s1. The number of aliphatic hydroxyl groups is 2. The average molecular weight is 815 g/mol. The summed E-state index contributed by atoms with van der Waals surface area (Å²) in [6.45, 7) is 6.35. The van der Waals surface area contributed by atoms with Crippen LogP contribution in [0, 0.1) is 57.2 Å². The third kappa shape index (κ3) is 6.18. The van der Waals surface area contributed by atoms with E-state index in [-0.39, 0.29) is 104 Å². The van der Waals surface area contributed by atoms with Crippen molar-refractivity contribution in [2.24, 2.45) is 57.2 Å². The molecular formula is C47H58O12. The molecule has 8 aliphatic rings. The van der Waals surface area contributed by atoms with Crippen molar-refractivity contribution in [2.75, 3.05) is 13.2 Å². The Kier molecular flexibility index (Phi) is 10.2. The maximum atomic E-state index is 13.9. The van der Waals surface area contributed by atoms with Crippen molar-refractivity contribution < 1.29 is 58.0 Å². The highest BCUT2D eigenvalue weighted by Gasteiger charge is 2.70. The molecule has 0 unspecified atom stereocenters. The molecule has 0 aliphatic heterocycles. The molecule has 6 fully saturated rings. The van der Waals surface area contributed by atoms with Gasteiger partial charge in [0.05, 0.1) is 0 Å². The van der Waals surface area contributed by atoms with E-state index in [1.807, 2.05) is 19.9 Å². The van der Waals surface area contributed by atoms with Crippen LogP contribution in [0.15, 0.2) is 35.5 Å². The summed E-state index contributed by atoms with van der Waals surface area (Å²) in [6.07, 6.45) is 11.6. The molecule has 12 heteroatoms. The van der Waals surface area contributed by atoms with Crippen LogP contribution in [0.25, 0.3) is 0 Å². The van der Waals surface area contributed by atoms with Gasteiger partial charge in [0.25, 0.3) is 0 Å². The summed E-state index contributed by atoms with van der Waals surface area (Å²) in [5.74, 6) is -3.68. The molecule has 0 heterocycles. The van der Waals surface area contributed by atoms with Gasteiger partial charge in [0, 0.05) is 60.2 Å². The van der Waals surface area contributed by atoms with Crippen molar-refractivity contribution in [3.63, 3.8) is 0 Å². The molecule has 0 amide bonds. The third-order valence-electron chi connectivity index (χ3n) is 17.6. The summed E-state index contributed by atoms with van der Waals surface area (Å²) in [6, 6.07) is 0. The SMILES string of the molecule is C[C@]12CCC(=O)C=C1CC[C@@H]1[C@@H]2C(=O)C[C@@]2(C)[C@H]1CC[C@]2(O)C(=O)COC(=O)CCCC(=O)OCC(=O)[C@]1(O)CC[C@@H]2[C@H]3CCC4=CC(=O)C=C[C@@]4(C)[C@@H]3C(=O)C[C@]21C. The highest BCUT2D eigenvalue weighted by atomic mass is 16.5. The van der Waals surface area contributed by atoms with E-state index in [9.17, 15) is 48.6 Å². The van der Waals surface area contributed by atoms with Gasteiger partial charge in [-0.3, -0.25) is 38.4 Å². The molecule has 0 aromatic rings. The Morgan fingerprint density at radius 2 is 1.17 bits per heavy atom. The van der Waals surface area contributed by atoms with Crippen LogP contribution in [0.3, 0.4) is 0 Å². The predicted molar refractivity (Wildman–Crippen MR) is 210 cm³/mol. The molecule has 59 heavy (non-hydrogen) atoms. The van der Waals surface area contributed by atoms with Gasteiger partial charge < -0.3 is 19.7 Å². The summed E-state index contributed by atoms with van der Waals surface area (Å²) in [5.41, 5.74) is -4.72. The Morgan fingerprint density at radius 3 is 1.73 bits per heavy atom. The summed E-state index contributed by atoms with van der Waals surface area (Å²) in [7, 11) is 0. The lowest BCUT2D eigenvalue weighted by Crippen LogP contribution is -2.61. The van der Waals surface area contributed by atoms with Crippen molar-refractivity contribution in [1.82, 2.24) is 0 Å². The number of carbonyl (C=O) groups excluding carboxylic acids is 8. The molecule has 318 valence electrons. The summed E-state index contributed by atoms with van der Waals surface area (Å²) >= 11 is 0. The van der Waals surface area contributed by atoms with Gasteiger partial charge >= 0.3 is 11.9 Å². The first-order valence-corrected chi connectivity index (χ1v) is 21.8. The quantitative estimate of drug-likeness (QED) is 0.280. The van der Waals surface area contributed by atoms with Crippen molar-refractivity contribution in [3.05, 3.63) is 35.5 Å². The van der Waals surface area contributed by atoms with Gasteiger partial charge in [0.1, 0.15) is 22.8 Å². The molecule has 12 nitrogen and oxygen atoms in total. The molecule has 8 rings (SSSR count). The van der Waals surface area contributed by atoms with E-state index in [4.69, 9.17) is 9.47 Å². The normalized spacial score (nSPS) is 43.2. The average Bonchev–Trinajstić information content (AvgIpc) is 3.61. The van der Waals surface area contributed by atoms with E-state index in [2.05, 4.69) is 6.92 Å². The van der Waals surface area contributed by atoms with Crippen LogP contribution in [0.4, 0.5) is 0 Å². The van der Waals surface area contributed by atoms with E-state index >= 15 is 0 Å². The van der Waals surface area contributed by atoms with Crippen molar-refractivity contribution in [2.45, 2.75) is 135 Å². The van der Waals surface area contributed by atoms with Crippen LogP contribution < -0.4 is 0 Å². The number of hydrogen-bond donors (Lipinski definition) is 2. The van der Waals surface area contributed by atoms with E-state index in [0.717, 1.165) is 11.1 Å². The van der Waals surface area contributed by atoms with Gasteiger partial charge in [-0.25, -0.2) is 0 Å². The lowest BCUT2D eigenvalue weighted by molar-refractivity contribution is -0.174. The molecule has 2 N–H and O–H groups in total. The zero-order chi connectivity index (χ0) is 42.5. The van der Waals surface area contributed by atoms with Crippen LogP contribution in [-0.4, -0.2) is 81.3 Å². The Bertz CT molecular complexity index is 2030. The zero-order valence-corrected chi connectivity index (χ0v) is 34.8. The number of carbonyl (C=O) groups is 8. The number of rotatable bonds is 10. The number of allylic oxidation sites excluding steroid dienone is 5. The molecular weight excluding hydrogens is 757 g/mol. The maximum Gasteiger partial charge on any atom is 0.306 e. The van der Waals surface area contributed by atoms with Gasteiger partial charge in [-0.15, -0.1) is 0 Å². The fourth-order valence-electron chi connectivity index (χ4n) is 14.4. The second kappa shape index (κ2) is 14.4. The lowest BCUT2D eigenvalue weighted by Gasteiger charge is -2.57. The predicted octanol–water partition coefficient (Wildman–Crippen LogP) is 5.04. The number of Topliss-reactive ketones (excluding diaryl/α,β-unsaturated/α-hetero) is 4. The molecule has 0 aromatic carbocycles. The number of fused-ring (bicyclic) bond motifs is 10. The van der Waals surface area contributed by atoms with Crippen molar-refractivity contribution in [3.8, 4) is 0 Å². The molecule has 0 aromatic heterocycles. The Labute approximate surface area is 345 Å². The van der Waals surface area contributed by atoms with E-state index in [0.29, 0.717) is 51.4 Å². The minimum Gasteiger partial charge on any atom is -0.458 e. The minimum absolute atomic E-state index is 0.00272. The van der Waals surface area contributed by atoms with Crippen LogP contribution >= 0.6 is 0 Å². The van der Waals surface area contributed by atoms with Gasteiger partial charge in [0.2, 0.25) is 11.6 Å². The number of ether oxygens (including phenoxy) is 2. The molecule has 8 aliphatic carbocycles. The topological polar surface area (TPSA) is 195 Å². The second-order valence-corrected chi connectivity index (χ2v) is 20.3. The van der Waals surface area contributed by atoms with Gasteiger partial charge in [0.15, 0.2) is 24.8 Å². The van der Waals surface area contributed by atoms with Crippen LogP contribution in [0.2, 0.25) is 0 Å². The second-order valence-electron chi connectivity index (χ2n) is 20.3. The Balaban J connectivity index is 0.806. The van der Waals surface area contributed by atoms with Gasteiger partial charge in [-0.1, -0.05) is 44.9 Å². The minimum atomic E-state index is -1.86. The van der Waals surface area contributed by atoms with E-state index < -0.39 is 69.6 Å². The molecule has 0 bridgehead atoms. The first kappa shape index (κ1) is 41.8. The molecule has 12 atom stereocenters. The number of hydrogen-bond acceptors (Lipinski definition) is 12. The number of esters is 2. The van der Waals surface area contributed by atoms with Crippen molar-refractivity contribution >= 4 is 46.6 Å². The number of ketones is 6. The van der Waals surface area contributed by atoms with Crippen molar-refractivity contribution in [1.29, 1.82) is 0 Å². The highest BCUT2D eigenvalue weighted by Crippen LogP contribution is 2.68. The van der Waals surface area contributed by atoms with E-state index in [1.54, 1.807) is 19.1 Å². The van der Waals surface area contributed by atoms with E-state index in [1.165, 1.54) is 6.08 Å². The van der Waals surface area contributed by atoms with Gasteiger partial charge in [-0.2, -0.15) is 0 Å². The smallest absolute Gasteiger partial charge is 0.306 e. The van der Waals surface area contributed by atoms with Crippen LogP contribution in [0.1, 0.15) is 124 Å². The first-order chi connectivity index (χ1) is 27.7. The summed E-state index contributed by atoms with van der Waals surface area (Å²) < 4.78 is 10.6. The molecule has 0 spiro atoms. The fourth-order valence-corrected chi connectivity index (χ4v) is 14.4. The first-order valence-electron chi connectivity index (χ1n) is 21.8. The van der Waals surface area contributed by atoms with Crippen LogP contribution in [0.5, 0.6) is 0 Å². The van der Waals surface area contributed by atoms with Gasteiger partial charge in [-0.05, 0) is 112 Å². The largest absolute Gasteiger partial charge is 0.458 e. The maximum absolute atomic E-state index is 13.9. The fraction of sp³-hybridized carbons (Fsp3) is 0.702. The highest BCUT2D eigenvalue weighted by molar-refractivity contribution is 6.02. The molecule has 0 saturated heterocycles.